The monoisotopic (exact) mass is 554 g/mol. The van der Waals surface area contributed by atoms with E-state index in [-0.39, 0.29) is 17.7 Å². The maximum atomic E-state index is 14.2. The van der Waals surface area contributed by atoms with Gasteiger partial charge in [0.15, 0.2) is 5.78 Å². The van der Waals surface area contributed by atoms with Crippen LogP contribution in [0.1, 0.15) is 74.7 Å². The molecule has 226 valence electrons. The quantitative estimate of drug-likeness (QED) is 0.234. The molecular weight excluding hydrogens is 500 g/mol. The van der Waals surface area contributed by atoms with Crippen LogP contribution in [0.2, 0.25) is 0 Å². The summed E-state index contributed by atoms with van der Waals surface area (Å²) in [5.74, 6) is -3.14. The summed E-state index contributed by atoms with van der Waals surface area (Å²) < 4.78 is 0. The number of likely N-dealkylation sites (N-methyl/N-ethyl adjacent to an activating group) is 4. The van der Waals surface area contributed by atoms with Gasteiger partial charge in [0.05, 0.1) is 18.2 Å². The van der Waals surface area contributed by atoms with E-state index in [1.165, 1.54) is 41.9 Å². The summed E-state index contributed by atoms with van der Waals surface area (Å²) in [6, 6.07) is -2.50. The number of aliphatic hydroxyl groups excluding tert-OH is 1. The molecule has 0 saturated heterocycles. The number of aliphatic hydroxyl groups is 1. The van der Waals surface area contributed by atoms with E-state index in [0.717, 1.165) is 0 Å². The van der Waals surface area contributed by atoms with Crippen molar-refractivity contribution < 1.29 is 29.4 Å². The Morgan fingerprint density at radius 1 is 0.872 bits per heavy atom. The topological polar surface area (TPSA) is 130 Å². The Morgan fingerprint density at radius 3 is 1.74 bits per heavy atom. The van der Waals surface area contributed by atoms with Crippen LogP contribution < -0.4 is 5.32 Å². The van der Waals surface area contributed by atoms with Gasteiger partial charge in [0.1, 0.15) is 6.04 Å². The van der Waals surface area contributed by atoms with Crippen LogP contribution >= 0.6 is 0 Å². The average molecular weight is 555 g/mol. The maximum Gasteiger partial charge on any atom is 0.340 e. The Kier molecular flexibility index (Phi) is 15.0. The highest BCUT2D eigenvalue weighted by Crippen LogP contribution is 2.29. The molecule has 0 aromatic rings. The van der Waals surface area contributed by atoms with Crippen molar-refractivity contribution in [3.63, 3.8) is 0 Å². The van der Waals surface area contributed by atoms with Gasteiger partial charge < -0.3 is 30.2 Å². The number of carbonyl (C=O) groups is 4. The predicted molar refractivity (Wildman–Crippen MR) is 154 cm³/mol. The molecule has 0 aliphatic rings. The molecule has 0 unspecified atom stereocenters. The lowest BCUT2D eigenvalue weighted by atomic mass is 9.79. The number of nitrogens with zero attached hydrogens (tertiary/aromatic N) is 3. The van der Waals surface area contributed by atoms with Gasteiger partial charge in [0.2, 0.25) is 17.4 Å². The van der Waals surface area contributed by atoms with Crippen LogP contribution in [-0.4, -0.2) is 106 Å². The minimum atomic E-state index is -2.32. The standard InChI is InChI=1S/C29H54N4O6/c1-13-14-15-31(10)29(21(8)34,28(38)39)25(35)24(20(6)7)33(12)27(37)23(17-19(4)5)32(11)26(36)22(30-9)16-18(2)3/h14-15,18-24,30,34H,13,16-17H2,1-12H3,(H,38,39)/t21-,22+,23+,24+,29-/m1/s1. The highest BCUT2D eigenvalue weighted by Gasteiger charge is 2.57. The molecule has 0 fully saturated rings. The molecule has 5 atom stereocenters. The van der Waals surface area contributed by atoms with Crippen LogP contribution in [0.5, 0.6) is 0 Å². The molecule has 0 saturated carbocycles. The highest BCUT2D eigenvalue weighted by atomic mass is 16.4. The largest absolute Gasteiger partial charge is 0.479 e. The van der Waals surface area contributed by atoms with E-state index in [2.05, 4.69) is 5.32 Å². The Balaban J connectivity index is 6.70. The number of carboxylic acids is 1. The van der Waals surface area contributed by atoms with Gasteiger partial charge in [-0.25, -0.2) is 4.79 Å². The number of carboxylic acid groups (broad SMARTS) is 1. The van der Waals surface area contributed by atoms with Gasteiger partial charge in [0.25, 0.3) is 0 Å². The maximum absolute atomic E-state index is 14.2. The van der Waals surface area contributed by atoms with Gasteiger partial charge in [0, 0.05) is 21.1 Å². The van der Waals surface area contributed by atoms with Crippen molar-refractivity contribution >= 4 is 23.6 Å². The molecule has 0 bridgehead atoms. The summed E-state index contributed by atoms with van der Waals surface area (Å²) in [7, 11) is 6.21. The zero-order valence-corrected chi connectivity index (χ0v) is 26.2. The molecule has 0 spiro atoms. The molecule has 0 aliphatic carbocycles. The van der Waals surface area contributed by atoms with E-state index in [9.17, 15) is 29.4 Å². The number of allylic oxidation sites excluding steroid dienone is 1. The van der Waals surface area contributed by atoms with Crippen LogP contribution in [-0.2, 0) is 19.2 Å². The van der Waals surface area contributed by atoms with E-state index in [1.807, 2.05) is 34.6 Å². The lowest BCUT2D eigenvalue weighted by Gasteiger charge is -2.44. The van der Waals surface area contributed by atoms with Gasteiger partial charge in [-0.3, -0.25) is 14.4 Å². The molecule has 39 heavy (non-hydrogen) atoms. The fourth-order valence-corrected chi connectivity index (χ4v) is 5.10. The summed E-state index contributed by atoms with van der Waals surface area (Å²) in [5, 5.41) is 24.1. The van der Waals surface area contributed by atoms with Crippen LogP contribution in [0.15, 0.2) is 12.3 Å². The second kappa shape index (κ2) is 16.0. The average Bonchev–Trinajstić information content (AvgIpc) is 2.82. The SMILES string of the molecule is CCC=CN(C)[C@@](C(=O)O)(C(=O)[C@H](C(C)C)N(C)C(=O)[C@H](CC(C)C)N(C)C(=O)[C@H](CC(C)C)NC)[C@@H](C)O. The minimum Gasteiger partial charge on any atom is -0.479 e. The molecule has 0 aromatic carbocycles. The number of ketones is 1. The molecule has 0 aromatic heterocycles. The molecule has 10 nitrogen and oxygen atoms in total. The lowest BCUT2D eigenvalue weighted by molar-refractivity contribution is -0.167. The van der Waals surface area contributed by atoms with Crippen LogP contribution in [0.25, 0.3) is 0 Å². The number of amides is 2. The fourth-order valence-electron chi connectivity index (χ4n) is 5.10. The molecular formula is C29H54N4O6. The van der Waals surface area contributed by atoms with Gasteiger partial charge in [-0.1, -0.05) is 54.5 Å². The van der Waals surface area contributed by atoms with Crippen molar-refractivity contribution in [3.8, 4) is 0 Å². The third-order valence-corrected chi connectivity index (χ3v) is 7.24. The number of rotatable bonds is 17. The van der Waals surface area contributed by atoms with Crippen LogP contribution in [0, 0.1) is 17.8 Å². The summed E-state index contributed by atoms with van der Waals surface area (Å²) in [6.45, 7) is 14.5. The van der Waals surface area contributed by atoms with Crippen molar-refractivity contribution in [1.82, 2.24) is 20.0 Å². The second-order valence-corrected chi connectivity index (χ2v) is 11.7. The van der Waals surface area contributed by atoms with E-state index in [1.54, 1.807) is 34.0 Å². The lowest BCUT2D eigenvalue weighted by Crippen LogP contribution is -2.69. The van der Waals surface area contributed by atoms with Crippen molar-refractivity contribution in [1.29, 1.82) is 0 Å². The van der Waals surface area contributed by atoms with Crippen molar-refractivity contribution in [2.75, 3.05) is 28.2 Å². The Labute approximate surface area is 235 Å². The molecule has 3 N–H and O–H groups in total. The Bertz CT molecular complexity index is 857. The third kappa shape index (κ3) is 8.76. The summed E-state index contributed by atoms with van der Waals surface area (Å²) in [5.41, 5.74) is -2.32. The summed E-state index contributed by atoms with van der Waals surface area (Å²) in [4.78, 5) is 58.2. The second-order valence-electron chi connectivity index (χ2n) is 11.7. The number of carbonyl (C=O) groups excluding carboxylic acids is 3. The van der Waals surface area contributed by atoms with E-state index in [4.69, 9.17) is 0 Å². The molecule has 0 radical (unpaired) electrons. The number of nitrogens with one attached hydrogen (secondary N) is 1. The first kappa shape index (κ1) is 36.5. The number of hydrogen-bond donors (Lipinski definition) is 3. The molecule has 2 amide bonds. The highest BCUT2D eigenvalue weighted by molar-refractivity contribution is 6.12. The normalized spacial score (nSPS) is 16.6. The summed E-state index contributed by atoms with van der Waals surface area (Å²) in [6.07, 6.45) is 3.14. The van der Waals surface area contributed by atoms with E-state index in [0.29, 0.717) is 19.3 Å². The Morgan fingerprint density at radius 2 is 1.38 bits per heavy atom. The zero-order valence-electron chi connectivity index (χ0n) is 26.2. The minimum absolute atomic E-state index is 0.0647. The molecule has 0 rings (SSSR count). The number of Topliss-reactive ketones (excluding diaryl/α,β-unsaturated/α-hetero) is 1. The van der Waals surface area contributed by atoms with Gasteiger partial charge in [-0.2, -0.15) is 0 Å². The number of aliphatic carboxylic acids is 1. The first-order valence-electron chi connectivity index (χ1n) is 14.0. The Hall–Kier alpha value is -2.46. The smallest absolute Gasteiger partial charge is 0.340 e. The van der Waals surface area contributed by atoms with Gasteiger partial charge in [-0.15, -0.1) is 0 Å². The van der Waals surface area contributed by atoms with Crippen LogP contribution in [0.4, 0.5) is 0 Å². The van der Waals surface area contributed by atoms with Gasteiger partial charge in [-0.05, 0) is 57.2 Å². The molecule has 0 aliphatic heterocycles. The number of hydrogen-bond acceptors (Lipinski definition) is 7. The van der Waals surface area contributed by atoms with Crippen LogP contribution in [0.3, 0.4) is 0 Å². The van der Waals surface area contributed by atoms with E-state index >= 15 is 0 Å². The zero-order chi connectivity index (χ0) is 30.8. The predicted octanol–water partition coefficient (Wildman–Crippen LogP) is 2.61. The first-order valence-corrected chi connectivity index (χ1v) is 14.0. The van der Waals surface area contributed by atoms with Gasteiger partial charge >= 0.3 is 5.97 Å². The first-order chi connectivity index (χ1) is 17.9. The summed E-state index contributed by atoms with van der Waals surface area (Å²) >= 11 is 0. The molecule has 10 heteroatoms. The molecule has 0 heterocycles. The van der Waals surface area contributed by atoms with Crippen molar-refractivity contribution in [3.05, 3.63) is 12.3 Å². The van der Waals surface area contributed by atoms with Crippen molar-refractivity contribution in [2.24, 2.45) is 17.8 Å². The fraction of sp³-hybridized carbons (Fsp3) is 0.793. The van der Waals surface area contributed by atoms with Crippen molar-refractivity contribution in [2.45, 2.75) is 104 Å². The third-order valence-electron chi connectivity index (χ3n) is 7.24. The van der Waals surface area contributed by atoms with E-state index < -0.39 is 53.3 Å².